The normalized spacial score (nSPS) is 11.8. The van der Waals surface area contributed by atoms with Gasteiger partial charge >= 0.3 is 5.97 Å². The van der Waals surface area contributed by atoms with Crippen molar-refractivity contribution in [3.8, 4) is 5.75 Å². The third-order valence-electron chi connectivity index (χ3n) is 4.69. The largest absolute Gasteiger partial charge is 0.495 e. The van der Waals surface area contributed by atoms with Crippen molar-refractivity contribution in [1.29, 1.82) is 0 Å². The van der Waals surface area contributed by atoms with E-state index >= 15 is 0 Å². The number of carbonyl (C=O) groups is 2. The zero-order valence-corrected chi connectivity index (χ0v) is 19.2. The Balaban J connectivity index is 1.65. The smallest absolute Gasteiger partial charge is 0.338 e. The molecular weight excluding hydrogens is 444 g/mol. The van der Waals surface area contributed by atoms with Crippen LogP contribution in [0.25, 0.3) is 0 Å². The van der Waals surface area contributed by atoms with Gasteiger partial charge in [-0.25, -0.2) is 13.2 Å². The predicted octanol–water partition coefficient (Wildman–Crippen LogP) is 3.99. The number of hydrogen-bond acceptors (Lipinski definition) is 6. The molecule has 0 heterocycles. The molecule has 3 aromatic carbocycles. The van der Waals surface area contributed by atoms with Crippen LogP contribution < -0.4 is 14.8 Å². The molecule has 0 saturated carbocycles. The fraction of sp³-hybridized carbons (Fsp3) is 0.167. The van der Waals surface area contributed by atoms with Crippen LogP contribution in [-0.2, 0) is 19.6 Å². The summed E-state index contributed by atoms with van der Waals surface area (Å²) in [5.41, 5.74) is 1.98. The molecule has 9 heteroatoms. The lowest BCUT2D eigenvalue weighted by atomic mass is 10.2. The molecule has 0 aliphatic carbocycles. The summed E-state index contributed by atoms with van der Waals surface area (Å²) in [5.74, 6) is -0.850. The Kier molecular flexibility index (Phi) is 7.34. The summed E-state index contributed by atoms with van der Waals surface area (Å²) in [6.07, 6.45) is -1.05. The number of benzene rings is 3. The van der Waals surface area contributed by atoms with Gasteiger partial charge in [0.05, 0.1) is 23.3 Å². The van der Waals surface area contributed by atoms with Gasteiger partial charge in [0.1, 0.15) is 5.75 Å². The Labute approximate surface area is 192 Å². The highest BCUT2D eigenvalue weighted by Gasteiger charge is 2.21. The molecule has 1 amide bonds. The van der Waals surface area contributed by atoms with Gasteiger partial charge in [0.2, 0.25) is 0 Å². The van der Waals surface area contributed by atoms with Crippen molar-refractivity contribution in [3.63, 3.8) is 0 Å². The molecule has 0 radical (unpaired) electrons. The first-order chi connectivity index (χ1) is 15.7. The molecule has 172 valence electrons. The third-order valence-corrected chi connectivity index (χ3v) is 6.07. The van der Waals surface area contributed by atoms with E-state index in [1.807, 2.05) is 13.0 Å². The van der Waals surface area contributed by atoms with Crippen molar-refractivity contribution < 1.29 is 27.5 Å². The highest BCUT2D eigenvalue weighted by atomic mass is 32.2. The van der Waals surface area contributed by atoms with E-state index in [0.29, 0.717) is 11.4 Å². The van der Waals surface area contributed by atoms with Gasteiger partial charge in [-0.1, -0.05) is 24.3 Å². The Hall–Kier alpha value is -3.85. The summed E-state index contributed by atoms with van der Waals surface area (Å²) in [5, 5.41) is 2.69. The van der Waals surface area contributed by atoms with Gasteiger partial charge in [-0.2, -0.15) is 0 Å². The minimum absolute atomic E-state index is 0.0461. The summed E-state index contributed by atoms with van der Waals surface area (Å²) < 4.78 is 38.2. The van der Waals surface area contributed by atoms with E-state index < -0.39 is 28.0 Å². The van der Waals surface area contributed by atoms with Crippen molar-refractivity contribution in [2.45, 2.75) is 24.8 Å². The van der Waals surface area contributed by atoms with E-state index in [4.69, 9.17) is 9.47 Å². The summed E-state index contributed by atoms with van der Waals surface area (Å²) in [7, 11) is -2.47. The van der Waals surface area contributed by atoms with Crippen LogP contribution in [0.5, 0.6) is 5.75 Å². The quantitative estimate of drug-likeness (QED) is 0.484. The molecule has 2 N–H and O–H groups in total. The van der Waals surface area contributed by atoms with Crippen LogP contribution in [0.2, 0.25) is 0 Å². The average Bonchev–Trinajstić information content (AvgIpc) is 2.79. The molecule has 0 saturated heterocycles. The second-order valence-electron chi connectivity index (χ2n) is 7.24. The number of para-hydroxylation sites is 2. The number of rotatable bonds is 8. The second-order valence-corrected chi connectivity index (χ2v) is 8.92. The number of ether oxygens (including phenoxy) is 2. The Bertz CT molecular complexity index is 1260. The lowest BCUT2D eigenvalue weighted by Crippen LogP contribution is -2.30. The van der Waals surface area contributed by atoms with E-state index in [-0.39, 0.29) is 16.1 Å². The number of amides is 1. The summed E-state index contributed by atoms with van der Waals surface area (Å²) in [4.78, 5) is 24.7. The van der Waals surface area contributed by atoms with E-state index in [0.717, 1.165) is 5.56 Å². The van der Waals surface area contributed by atoms with Crippen molar-refractivity contribution in [3.05, 3.63) is 83.9 Å². The molecule has 1 atom stereocenters. The average molecular weight is 469 g/mol. The molecule has 0 aliphatic heterocycles. The van der Waals surface area contributed by atoms with Crippen molar-refractivity contribution in [2.75, 3.05) is 17.1 Å². The molecule has 3 aromatic rings. The lowest BCUT2D eigenvalue weighted by Gasteiger charge is -2.14. The first-order valence-electron chi connectivity index (χ1n) is 10.0. The Morgan fingerprint density at radius 2 is 1.64 bits per heavy atom. The highest BCUT2D eigenvalue weighted by Crippen LogP contribution is 2.26. The van der Waals surface area contributed by atoms with Crippen LogP contribution >= 0.6 is 0 Å². The van der Waals surface area contributed by atoms with Crippen molar-refractivity contribution in [1.82, 2.24) is 0 Å². The summed E-state index contributed by atoms with van der Waals surface area (Å²) >= 11 is 0. The van der Waals surface area contributed by atoms with Crippen LogP contribution in [-0.4, -0.2) is 33.5 Å². The second kappa shape index (κ2) is 10.2. The number of carbonyl (C=O) groups excluding carboxylic acids is 2. The molecule has 0 spiro atoms. The molecule has 8 nitrogen and oxygen atoms in total. The van der Waals surface area contributed by atoms with Gasteiger partial charge in [-0.3, -0.25) is 9.52 Å². The monoisotopic (exact) mass is 468 g/mol. The maximum absolute atomic E-state index is 12.7. The fourth-order valence-corrected chi connectivity index (χ4v) is 4.02. The van der Waals surface area contributed by atoms with E-state index in [9.17, 15) is 18.0 Å². The van der Waals surface area contributed by atoms with Crippen molar-refractivity contribution >= 4 is 33.3 Å². The zero-order valence-electron chi connectivity index (χ0n) is 18.4. The van der Waals surface area contributed by atoms with Crippen molar-refractivity contribution in [2.24, 2.45) is 0 Å². The van der Waals surface area contributed by atoms with Gasteiger partial charge in [0.25, 0.3) is 15.9 Å². The summed E-state index contributed by atoms with van der Waals surface area (Å²) in [6.45, 7) is 3.36. The molecular formula is C24H24N2O6S. The topological polar surface area (TPSA) is 111 Å². The molecule has 0 aliphatic rings. The van der Waals surface area contributed by atoms with Crippen LogP contribution in [0.4, 0.5) is 11.4 Å². The van der Waals surface area contributed by atoms with E-state index in [1.165, 1.54) is 38.3 Å². The predicted molar refractivity (Wildman–Crippen MR) is 125 cm³/mol. The lowest BCUT2D eigenvalue weighted by molar-refractivity contribution is -0.123. The van der Waals surface area contributed by atoms with E-state index in [1.54, 1.807) is 42.5 Å². The molecule has 1 unspecified atom stereocenters. The number of nitrogens with one attached hydrogen (secondary N) is 2. The molecule has 33 heavy (non-hydrogen) atoms. The highest BCUT2D eigenvalue weighted by molar-refractivity contribution is 7.92. The first kappa shape index (κ1) is 23.8. The Morgan fingerprint density at radius 3 is 2.30 bits per heavy atom. The standard InChI is InChI=1S/C24H24N2O6S/c1-16-7-6-8-19(15-16)25-23(27)17(2)32-24(28)18-11-13-20(14-12-18)33(29,30)26-21-9-4-5-10-22(21)31-3/h4-15,17,26H,1-3H3,(H,25,27). The molecule has 0 bridgehead atoms. The molecule has 0 fully saturated rings. The zero-order chi connectivity index (χ0) is 24.0. The van der Waals surface area contributed by atoms with Crippen LogP contribution in [0.1, 0.15) is 22.8 Å². The Morgan fingerprint density at radius 1 is 0.939 bits per heavy atom. The van der Waals surface area contributed by atoms with Crippen LogP contribution in [0.15, 0.2) is 77.7 Å². The molecule has 3 rings (SSSR count). The maximum atomic E-state index is 12.7. The maximum Gasteiger partial charge on any atom is 0.338 e. The number of esters is 1. The fourth-order valence-electron chi connectivity index (χ4n) is 2.95. The minimum atomic E-state index is -3.91. The number of anilines is 2. The van der Waals surface area contributed by atoms with Gasteiger partial charge in [0, 0.05) is 5.69 Å². The number of sulfonamides is 1. The SMILES string of the molecule is COc1ccccc1NS(=O)(=O)c1ccc(C(=O)OC(C)C(=O)Nc2cccc(C)c2)cc1. The van der Waals surface area contributed by atoms with Gasteiger partial charge < -0.3 is 14.8 Å². The number of aryl methyl sites for hydroxylation is 1. The van der Waals surface area contributed by atoms with Crippen LogP contribution in [0.3, 0.4) is 0 Å². The van der Waals surface area contributed by atoms with Gasteiger partial charge in [0.15, 0.2) is 6.10 Å². The number of hydrogen-bond donors (Lipinski definition) is 2. The van der Waals surface area contributed by atoms with Gasteiger partial charge in [-0.15, -0.1) is 0 Å². The van der Waals surface area contributed by atoms with E-state index in [2.05, 4.69) is 10.0 Å². The molecule has 0 aromatic heterocycles. The first-order valence-corrected chi connectivity index (χ1v) is 11.5. The van der Waals surface area contributed by atoms with Gasteiger partial charge in [-0.05, 0) is 67.9 Å². The third kappa shape index (κ3) is 6.11. The minimum Gasteiger partial charge on any atom is -0.495 e. The number of methoxy groups -OCH3 is 1. The van der Waals surface area contributed by atoms with Crippen LogP contribution in [0, 0.1) is 6.92 Å². The summed E-state index contributed by atoms with van der Waals surface area (Å²) in [6, 6.07) is 19.1.